The fourth-order valence-electron chi connectivity index (χ4n) is 1.94. The van der Waals surface area contributed by atoms with Gasteiger partial charge in [-0.2, -0.15) is 8.78 Å². The Kier molecular flexibility index (Phi) is 6.22. The minimum absolute atomic E-state index is 0.00754. The number of hydrogen-bond acceptors (Lipinski definition) is 4. The summed E-state index contributed by atoms with van der Waals surface area (Å²) in [6, 6.07) is 11.1. The maximum absolute atomic E-state index is 12.1. The van der Waals surface area contributed by atoms with E-state index in [0.717, 1.165) is 11.1 Å². The molecule has 6 heteroatoms. The van der Waals surface area contributed by atoms with Crippen LogP contribution in [0.15, 0.2) is 40.8 Å². The van der Waals surface area contributed by atoms with Crippen LogP contribution in [0.5, 0.6) is 0 Å². The van der Waals surface area contributed by atoms with Crippen LogP contribution < -0.4 is 5.32 Å². The molecule has 114 valence electrons. The van der Waals surface area contributed by atoms with E-state index < -0.39 is 5.76 Å². The van der Waals surface area contributed by atoms with Gasteiger partial charge >= 0.3 is 0 Å². The predicted octanol–water partition coefficient (Wildman–Crippen LogP) is 3.52. The Hall–Kier alpha value is -1.37. The van der Waals surface area contributed by atoms with E-state index in [1.807, 2.05) is 24.3 Å². The molecule has 0 saturated carbocycles. The molecule has 1 aromatic carbocycles. The van der Waals surface area contributed by atoms with Gasteiger partial charge in [0, 0.05) is 6.54 Å². The summed E-state index contributed by atoms with van der Waals surface area (Å²) in [7, 11) is 0. The largest absolute Gasteiger partial charge is 0.464 e. The van der Waals surface area contributed by atoms with E-state index in [-0.39, 0.29) is 12.4 Å². The van der Waals surface area contributed by atoms with Gasteiger partial charge in [-0.25, -0.2) is 0 Å². The number of hydrogen-bond donors (Lipinski definition) is 2. The van der Waals surface area contributed by atoms with E-state index in [1.54, 1.807) is 12.1 Å². The lowest BCUT2D eigenvalue weighted by Gasteiger charge is -2.07. The maximum Gasteiger partial charge on any atom is 0.284 e. The molecule has 0 fully saturated rings. The van der Waals surface area contributed by atoms with E-state index >= 15 is 0 Å². The third-order valence-corrected chi connectivity index (χ3v) is 3.68. The molecule has 2 aromatic rings. The summed E-state index contributed by atoms with van der Waals surface area (Å²) in [6.07, 6.45) is 0. The van der Waals surface area contributed by atoms with Gasteiger partial charge in [0.05, 0.1) is 18.9 Å². The van der Waals surface area contributed by atoms with Crippen molar-refractivity contribution in [2.75, 3.05) is 0 Å². The number of thioether (sulfide) groups is 1. The van der Waals surface area contributed by atoms with Crippen LogP contribution in [0.4, 0.5) is 8.78 Å². The predicted molar refractivity (Wildman–Crippen MR) is 78.9 cm³/mol. The Balaban J connectivity index is 1.81. The van der Waals surface area contributed by atoms with Crippen LogP contribution in [-0.4, -0.2) is 10.9 Å². The van der Waals surface area contributed by atoms with E-state index in [0.29, 0.717) is 36.4 Å². The standard InChI is InChI=1S/C15H17F2NO2S/c16-15(17)21-10-14-6-5-13(20-14)8-18-7-11-3-1-2-4-12(11)9-19/h1-6,15,18-19H,7-10H2. The van der Waals surface area contributed by atoms with Gasteiger partial charge in [0.1, 0.15) is 11.5 Å². The number of aliphatic hydroxyl groups excluding tert-OH is 1. The van der Waals surface area contributed by atoms with Crippen LogP contribution in [0.1, 0.15) is 22.6 Å². The fourth-order valence-corrected chi connectivity index (χ4v) is 2.39. The Morgan fingerprint density at radius 1 is 1.05 bits per heavy atom. The molecular weight excluding hydrogens is 296 g/mol. The molecule has 3 nitrogen and oxygen atoms in total. The molecule has 2 rings (SSSR count). The van der Waals surface area contributed by atoms with Crippen LogP contribution in [0.25, 0.3) is 0 Å². The molecule has 1 aromatic heterocycles. The van der Waals surface area contributed by atoms with Gasteiger partial charge < -0.3 is 14.8 Å². The van der Waals surface area contributed by atoms with Crippen LogP contribution in [-0.2, 0) is 25.4 Å². The second kappa shape index (κ2) is 8.17. The third-order valence-electron chi connectivity index (χ3n) is 2.97. The molecule has 21 heavy (non-hydrogen) atoms. The first-order valence-electron chi connectivity index (χ1n) is 6.54. The zero-order chi connectivity index (χ0) is 15.1. The van der Waals surface area contributed by atoms with Gasteiger partial charge in [0.2, 0.25) is 0 Å². The highest BCUT2D eigenvalue weighted by Crippen LogP contribution is 2.21. The van der Waals surface area contributed by atoms with Crippen molar-refractivity contribution in [1.82, 2.24) is 5.32 Å². The summed E-state index contributed by atoms with van der Waals surface area (Å²) in [5.74, 6) is -0.953. The Bertz CT molecular complexity index is 560. The van der Waals surface area contributed by atoms with E-state index in [1.165, 1.54) is 0 Å². The lowest BCUT2D eigenvalue weighted by molar-refractivity contribution is 0.251. The van der Waals surface area contributed by atoms with E-state index in [4.69, 9.17) is 4.42 Å². The molecule has 0 aliphatic carbocycles. The maximum atomic E-state index is 12.1. The molecule has 0 bridgehead atoms. The monoisotopic (exact) mass is 313 g/mol. The summed E-state index contributed by atoms with van der Waals surface area (Å²) in [5.41, 5.74) is 1.92. The highest BCUT2D eigenvalue weighted by molar-refractivity contribution is 7.98. The minimum Gasteiger partial charge on any atom is -0.464 e. The molecule has 0 spiro atoms. The van der Waals surface area contributed by atoms with Gasteiger partial charge in [0.25, 0.3) is 5.76 Å². The van der Waals surface area contributed by atoms with Crippen molar-refractivity contribution < 1.29 is 18.3 Å². The summed E-state index contributed by atoms with van der Waals surface area (Å²) in [4.78, 5) is 0. The molecular formula is C15H17F2NO2S. The smallest absolute Gasteiger partial charge is 0.284 e. The van der Waals surface area contributed by atoms with Crippen molar-refractivity contribution in [3.63, 3.8) is 0 Å². The Labute approximate surface area is 126 Å². The molecule has 0 aliphatic heterocycles. The number of aliphatic hydroxyl groups is 1. The SMILES string of the molecule is OCc1ccccc1CNCc1ccc(CSC(F)F)o1. The van der Waals surface area contributed by atoms with Crippen molar-refractivity contribution in [2.45, 2.75) is 31.2 Å². The van der Waals surface area contributed by atoms with Crippen molar-refractivity contribution in [2.24, 2.45) is 0 Å². The molecule has 0 aliphatic rings. The van der Waals surface area contributed by atoms with Gasteiger partial charge in [-0.1, -0.05) is 36.0 Å². The summed E-state index contributed by atoms with van der Waals surface area (Å²) >= 11 is 0.548. The van der Waals surface area contributed by atoms with Gasteiger partial charge in [-0.3, -0.25) is 0 Å². The minimum atomic E-state index is -2.38. The fraction of sp³-hybridized carbons (Fsp3) is 0.333. The quantitative estimate of drug-likeness (QED) is 0.783. The lowest BCUT2D eigenvalue weighted by Crippen LogP contribution is -2.13. The average Bonchev–Trinajstić information content (AvgIpc) is 2.93. The molecule has 0 saturated heterocycles. The second-order valence-electron chi connectivity index (χ2n) is 4.47. The lowest BCUT2D eigenvalue weighted by atomic mass is 10.1. The average molecular weight is 313 g/mol. The van der Waals surface area contributed by atoms with Crippen LogP contribution in [0.2, 0.25) is 0 Å². The summed E-state index contributed by atoms with van der Waals surface area (Å²) in [6.45, 7) is 1.13. The first-order valence-corrected chi connectivity index (χ1v) is 7.59. The van der Waals surface area contributed by atoms with Gasteiger partial charge in [-0.15, -0.1) is 0 Å². The number of rotatable bonds is 8. The van der Waals surface area contributed by atoms with E-state index in [9.17, 15) is 13.9 Å². The number of benzene rings is 1. The highest BCUT2D eigenvalue weighted by atomic mass is 32.2. The van der Waals surface area contributed by atoms with Crippen LogP contribution in [0.3, 0.4) is 0 Å². The number of alkyl halides is 2. The number of furan rings is 1. The molecule has 0 radical (unpaired) electrons. The zero-order valence-electron chi connectivity index (χ0n) is 11.4. The summed E-state index contributed by atoms with van der Waals surface area (Å²) in [5, 5.41) is 12.4. The van der Waals surface area contributed by atoms with Crippen molar-refractivity contribution in [3.8, 4) is 0 Å². The van der Waals surface area contributed by atoms with Crippen molar-refractivity contribution in [1.29, 1.82) is 0 Å². The molecule has 2 N–H and O–H groups in total. The normalized spacial score (nSPS) is 11.2. The van der Waals surface area contributed by atoms with Gasteiger partial charge in [0.15, 0.2) is 0 Å². The Morgan fingerprint density at radius 3 is 2.48 bits per heavy atom. The molecule has 0 unspecified atom stereocenters. The molecule has 0 atom stereocenters. The second-order valence-corrected chi connectivity index (χ2v) is 5.45. The Morgan fingerprint density at radius 2 is 1.76 bits per heavy atom. The van der Waals surface area contributed by atoms with Gasteiger partial charge in [-0.05, 0) is 23.3 Å². The summed E-state index contributed by atoms with van der Waals surface area (Å²) < 4.78 is 29.6. The number of halogens is 2. The number of nitrogens with one attached hydrogen (secondary N) is 1. The molecule has 1 heterocycles. The molecule has 0 amide bonds. The third kappa shape index (κ3) is 5.15. The van der Waals surface area contributed by atoms with Crippen molar-refractivity contribution in [3.05, 3.63) is 59.0 Å². The first kappa shape index (κ1) is 16.0. The first-order chi connectivity index (χ1) is 10.2. The van der Waals surface area contributed by atoms with Crippen molar-refractivity contribution >= 4 is 11.8 Å². The highest BCUT2D eigenvalue weighted by Gasteiger charge is 2.07. The topological polar surface area (TPSA) is 45.4 Å². The van der Waals surface area contributed by atoms with E-state index in [2.05, 4.69) is 5.32 Å². The van der Waals surface area contributed by atoms with Crippen LogP contribution in [0, 0.1) is 0 Å². The zero-order valence-corrected chi connectivity index (χ0v) is 12.2. The van der Waals surface area contributed by atoms with Crippen LogP contribution >= 0.6 is 11.8 Å².